The lowest BCUT2D eigenvalue weighted by molar-refractivity contribution is -0.941. The maximum Gasteiger partial charge on any atom is 0.118 e. The Bertz CT molecular complexity index is 1440. The molecule has 4 aromatic rings. The minimum absolute atomic E-state index is 0. The molecule has 50 heavy (non-hydrogen) atoms. The Balaban J connectivity index is 0.00000676. The highest BCUT2D eigenvalue weighted by Crippen LogP contribution is 2.23. The van der Waals surface area contributed by atoms with Crippen LogP contribution in [0.1, 0.15) is 86.5 Å². The van der Waals surface area contributed by atoms with E-state index in [4.69, 9.17) is 0 Å². The second-order valence-corrected chi connectivity index (χ2v) is 14.0. The number of benzene rings is 4. The SMILES string of the molecule is OCC[N+](CCCCCCCCCCCCNC(Cc1ccccc1)Cc1ccccc1O)(CCc1ccccc1O)Cc1ccccc1.[Br-]. The van der Waals surface area contributed by atoms with Gasteiger partial charge in [0.15, 0.2) is 0 Å². The zero-order chi connectivity index (χ0) is 34.4. The molecule has 0 aliphatic heterocycles. The van der Waals surface area contributed by atoms with Gasteiger partial charge in [-0.25, -0.2) is 0 Å². The largest absolute Gasteiger partial charge is 1.00 e. The van der Waals surface area contributed by atoms with Gasteiger partial charge in [0.2, 0.25) is 0 Å². The first-order valence-corrected chi connectivity index (χ1v) is 18.9. The van der Waals surface area contributed by atoms with Crippen molar-refractivity contribution in [1.82, 2.24) is 5.32 Å². The monoisotopic (exact) mass is 744 g/mol. The van der Waals surface area contributed by atoms with Gasteiger partial charge in [0.05, 0.1) is 19.7 Å². The number of rotatable bonds is 25. The van der Waals surface area contributed by atoms with E-state index in [1.807, 2.05) is 36.4 Å². The van der Waals surface area contributed by atoms with Crippen molar-refractivity contribution in [3.63, 3.8) is 0 Å². The third kappa shape index (κ3) is 15.4. The van der Waals surface area contributed by atoms with E-state index in [0.717, 1.165) is 74.0 Å². The first-order chi connectivity index (χ1) is 24.1. The molecule has 0 aromatic heterocycles. The van der Waals surface area contributed by atoms with E-state index < -0.39 is 0 Å². The van der Waals surface area contributed by atoms with Crippen LogP contribution in [0.25, 0.3) is 0 Å². The molecule has 0 spiro atoms. The van der Waals surface area contributed by atoms with Crippen LogP contribution in [-0.4, -0.2) is 58.6 Å². The van der Waals surface area contributed by atoms with Gasteiger partial charge < -0.3 is 42.1 Å². The summed E-state index contributed by atoms with van der Waals surface area (Å²) in [6, 6.07) is 37.0. The molecule has 2 unspecified atom stereocenters. The number of phenols is 2. The van der Waals surface area contributed by atoms with Crippen molar-refractivity contribution in [3.8, 4) is 11.5 Å². The van der Waals surface area contributed by atoms with Crippen molar-refractivity contribution in [2.45, 2.75) is 96.1 Å². The van der Waals surface area contributed by atoms with Crippen molar-refractivity contribution < 1.29 is 36.8 Å². The molecule has 0 heterocycles. The van der Waals surface area contributed by atoms with Gasteiger partial charge in [0.1, 0.15) is 24.6 Å². The summed E-state index contributed by atoms with van der Waals surface area (Å²) in [4.78, 5) is 0. The number of hydrogen-bond acceptors (Lipinski definition) is 4. The Labute approximate surface area is 312 Å². The summed E-state index contributed by atoms with van der Waals surface area (Å²) in [5.74, 6) is 0.759. The lowest BCUT2D eigenvalue weighted by atomic mass is 9.98. The van der Waals surface area contributed by atoms with Crippen molar-refractivity contribution in [3.05, 3.63) is 131 Å². The molecule has 4 rings (SSSR count). The molecular formula is C44H61BrN2O3. The zero-order valence-corrected chi connectivity index (χ0v) is 31.7. The Morgan fingerprint density at radius 2 is 1.00 bits per heavy atom. The van der Waals surface area contributed by atoms with Gasteiger partial charge in [0.25, 0.3) is 0 Å². The minimum Gasteiger partial charge on any atom is -1.00 e. The number of halogens is 1. The molecule has 272 valence electrons. The van der Waals surface area contributed by atoms with Gasteiger partial charge in [-0.15, -0.1) is 0 Å². The van der Waals surface area contributed by atoms with Crippen LogP contribution in [0.3, 0.4) is 0 Å². The van der Waals surface area contributed by atoms with Crippen LogP contribution in [0.15, 0.2) is 109 Å². The quantitative estimate of drug-likeness (QED) is 0.0497. The number of nitrogens with one attached hydrogen (secondary N) is 1. The predicted octanol–water partition coefficient (Wildman–Crippen LogP) is 6.00. The van der Waals surface area contributed by atoms with Crippen LogP contribution < -0.4 is 22.3 Å². The molecule has 0 fully saturated rings. The van der Waals surface area contributed by atoms with E-state index in [0.29, 0.717) is 17.5 Å². The molecule has 6 heteroatoms. The molecule has 0 bridgehead atoms. The summed E-state index contributed by atoms with van der Waals surface area (Å²) in [6.07, 6.45) is 15.2. The standard InChI is InChI=1S/C44H60N2O3.BrH/c47-34-33-46(37-39-23-13-10-14-24-39,32-29-40-25-15-17-27-43(40)48)31-20-8-6-4-2-1-3-5-7-19-30-45-42(35-38-21-11-9-12-22-38)36-41-26-16-18-28-44(41)49;/h9-18,21-28,42,45,47H,1-8,19-20,29-37H2,(H-,48,49);1H. The van der Waals surface area contributed by atoms with Gasteiger partial charge in [-0.05, 0) is 67.5 Å². The molecule has 0 saturated heterocycles. The summed E-state index contributed by atoms with van der Waals surface area (Å²) >= 11 is 0. The van der Waals surface area contributed by atoms with Crippen LogP contribution in [0.4, 0.5) is 0 Å². The van der Waals surface area contributed by atoms with Gasteiger partial charge in [-0.3, -0.25) is 0 Å². The van der Waals surface area contributed by atoms with E-state index in [-0.39, 0.29) is 23.6 Å². The first kappa shape index (κ1) is 41.3. The molecule has 0 amide bonds. The smallest absolute Gasteiger partial charge is 0.118 e. The van der Waals surface area contributed by atoms with E-state index in [9.17, 15) is 15.3 Å². The van der Waals surface area contributed by atoms with Crippen molar-refractivity contribution in [1.29, 1.82) is 0 Å². The fraction of sp³-hybridized carbons (Fsp3) is 0.455. The van der Waals surface area contributed by atoms with Crippen molar-refractivity contribution >= 4 is 0 Å². The number of hydrogen-bond donors (Lipinski definition) is 4. The van der Waals surface area contributed by atoms with Crippen LogP contribution in [0, 0.1) is 0 Å². The minimum atomic E-state index is 0. The molecule has 5 nitrogen and oxygen atoms in total. The predicted molar refractivity (Wildman–Crippen MR) is 204 cm³/mol. The molecule has 0 saturated carbocycles. The number of aromatic hydroxyl groups is 2. The number of aliphatic hydroxyl groups excluding tert-OH is 1. The van der Waals surface area contributed by atoms with E-state index in [2.05, 4.69) is 66.0 Å². The summed E-state index contributed by atoms with van der Waals surface area (Å²) in [5.41, 5.74) is 4.64. The normalized spacial score (nSPS) is 13.0. The van der Waals surface area contributed by atoms with Crippen LogP contribution in [0.2, 0.25) is 0 Å². The molecule has 0 aliphatic carbocycles. The number of unbranched alkanes of at least 4 members (excludes halogenated alkanes) is 9. The van der Waals surface area contributed by atoms with Gasteiger partial charge in [-0.2, -0.15) is 0 Å². The second kappa shape index (κ2) is 24.1. The summed E-state index contributed by atoms with van der Waals surface area (Å²) < 4.78 is 0.853. The van der Waals surface area contributed by atoms with Crippen molar-refractivity contribution in [2.75, 3.05) is 32.8 Å². The lowest BCUT2D eigenvalue weighted by Gasteiger charge is -2.39. The number of quaternary nitrogens is 1. The lowest BCUT2D eigenvalue weighted by Crippen LogP contribution is -3.00. The molecule has 2 atom stereocenters. The fourth-order valence-electron chi connectivity index (χ4n) is 7.19. The van der Waals surface area contributed by atoms with Gasteiger partial charge in [-0.1, -0.05) is 142 Å². The Morgan fingerprint density at radius 3 is 1.58 bits per heavy atom. The van der Waals surface area contributed by atoms with Gasteiger partial charge in [0, 0.05) is 18.0 Å². The molecular weight excluding hydrogens is 684 g/mol. The molecule has 0 radical (unpaired) electrons. The van der Waals surface area contributed by atoms with Crippen LogP contribution in [-0.2, 0) is 25.8 Å². The Kier molecular flexibility index (Phi) is 19.9. The Hall–Kier alpha value is -3.16. The third-order valence-electron chi connectivity index (χ3n) is 10.1. The highest BCUT2D eigenvalue weighted by atomic mass is 79.9. The molecule has 4 aromatic carbocycles. The third-order valence-corrected chi connectivity index (χ3v) is 10.1. The maximum absolute atomic E-state index is 10.4. The van der Waals surface area contributed by atoms with Crippen LogP contribution >= 0.6 is 0 Å². The van der Waals surface area contributed by atoms with E-state index in [1.165, 1.54) is 68.9 Å². The highest BCUT2D eigenvalue weighted by Gasteiger charge is 2.27. The summed E-state index contributed by atoms with van der Waals surface area (Å²) in [7, 11) is 0. The average molecular weight is 746 g/mol. The average Bonchev–Trinajstić information content (AvgIpc) is 3.12. The first-order valence-electron chi connectivity index (χ1n) is 18.9. The molecule has 4 N–H and O–H groups in total. The number of aliphatic hydroxyl groups is 1. The van der Waals surface area contributed by atoms with Crippen LogP contribution in [0.5, 0.6) is 11.5 Å². The number of para-hydroxylation sites is 2. The van der Waals surface area contributed by atoms with E-state index in [1.54, 1.807) is 12.1 Å². The maximum atomic E-state index is 10.4. The topological polar surface area (TPSA) is 72.7 Å². The fourth-order valence-corrected chi connectivity index (χ4v) is 7.19. The number of nitrogens with zero attached hydrogens (tertiary/aromatic N) is 1. The van der Waals surface area contributed by atoms with Gasteiger partial charge >= 0.3 is 0 Å². The highest BCUT2D eigenvalue weighted by molar-refractivity contribution is 5.33. The Morgan fingerprint density at radius 1 is 0.500 bits per heavy atom. The second-order valence-electron chi connectivity index (χ2n) is 14.0. The van der Waals surface area contributed by atoms with Crippen molar-refractivity contribution in [2.24, 2.45) is 0 Å². The summed E-state index contributed by atoms with van der Waals surface area (Å²) in [6.45, 7) is 4.80. The summed E-state index contributed by atoms with van der Waals surface area (Å²) in [5, 5.41) is 34.6. The zero-order valence-electron chi connectivity index (χ0n) is 30.1. The van der Waals surface area contributed by atoms with E-state index >= 15 is 0 Å². The molecule has 0 aliphatic rings. The number of phenolic OH excluding ortho intramolecular Hbond substituents is 2.